The standard InChI is InChI=1S/C13H16BrF4N/c1-19(8-4-2-3-7-14)12-6-5-10(9-11(12)15)13(16,17)18/h5-6,9H,2-4,7-8H2,1H3. The van der Waals surface area contributed by atoms with Crippen molar-refractivity contribution in [2.45, 2.75) is 25.4 Å². The number of nitrogens with zero attached hydrogens (tertiary/aromatic N) is 1. The predicted molar refractivity (Wildman–Crippen MR) is 72.3 cm³/mol. The van der Waals surface area contributed by atoms with Crippen molar-refractivity contribution in [3.05, 3.63) is 29.6 Å². The van der Waals surface area contributed by atoms with Crippen LogP contribution in [0.25, 0.3) is 0 Å². The first-order valence-corrected chi connectivity index (χ1v) is 7.12. The van der Waals surface area contributed by atoms with Crippen LogP contribution in [0.15, 0.2) is 18.2 Å². The van der Waals surface area contributed by atoms with E-state index >= 15 is 0 Å². The van der Waals surface area contributed by atoms with E-state index in [1.807, 2.05) is 0 Å². The molecule has 1 aromatic carbocycles. The van der Waals surface area contributed by atoms with Crippen LogP contribution in [-0.4, -0.2) is 18.9 Å². The third-order valence-electron chi connectivity index (χ3n) is 2.81. The monoisotopic (exact) mass is 341 g/mol. The van der Waals surface area contributed by atoms with Crippen LogP contribution >= 0.6 is 15.9 Å². The van der Waals surface area contributed by atoms with Crippen molar-refractivity contribution in [2.75, 3.05) is 23.8 Å². The van der Waals surface area contributed by atoms with Gasteiger partial charge in [0.05, 0.1) is 11.3 Å². The van der Waals surface area contributed by atoms with Crippen LogP contribution in [-0.2, 0) is 6.18 Å². The van der Waals surface area contributed by atoms with Gasteiger partial charge in [0, 0.05) is 18.9 Å². The molecule has 0 fully saturated rings. The molecule has 0 unspecified atom stereocenters. The summed E-state index contributed by atoms with van der Waals surface area (Å²) in [5.74, 6) is -0.835. The minimum Gasteiger partial charge on any atom is -0.372 e. The van der Waals surface area contributed by atoms with E-state index in [-0.39, 0.29) is 5.69 Å². The van der Waals surface area contributed by atoms with Gasteiger partial charge in [-0.05, 0) is 31.0 Å². The summed E-state index contributed by atoms with van der Waals surface area (Å²) in [7, 11) is 1.68. The number of rotatable bonds is 6. The van der Waals surface area contributed by atoms with Gasteiger partial charge in [-0.1, -0.05) is 22.4 Å². The summed E-state index contributed by atoms with van der Waals surface area (Å²) < 4.78 is 50.9. The molecular formula is C13H16BrF4N. The fourth-order valence-corrected chi connectivity index (χ4v) is 2.13. The fraction of sp³-hybridized carbons (Fsp3) is 0.538. The van der Waals surface area contributed by atoms with Crippen LogP contribution in [0.4, 0.5) is 23.2 Å². The van der Waals surface area contributed by atoms with Gasteiger partial charge in [0.25, 0.3) is 0 Å². The smallest absolute Gasteiger partial charge is 0.372 e. The van der Waals surface area contributed by atoms with Gasteiger partial charge in [-0.15, -0.1) is 0 Å². The Morgan fingerprint density at radius 3 is 2.37 bits per heavy atom. The molecule has 6 heteroatoms. The maximum absolute atomic E-state index is 13.7. The van der Waals surface area contributed by atoms with Crippen LogP contribution in [0.2, 0.25) is 0 Å². The van der Waals surface area contributed by atoms with Crippen LogP contribution in [0, 0.1) is 5.82 Å². The Morgan fingerprint density at radius 1 is 1.16 bits per heavy atom. The lowest BCUT2D eigenvalue weighted by Gasteiger charge is -2.20. The summed E-state index contributed by atoms with van der Waals surface area (Å²) in [5.41, 5.74) is -0.756. The van der Waals surface area contributed by atoms with Crippen molar-refractivity contribution in [1.82, 2.24) is 0 Å². The van der Waals surface area contributed by atoms with E-state index in [1.54, 1.807) is 11.9 Å². The predicted octanol–water partition coefficient (Wildman–Crippen LogP) is 4.85. The van der Waals surface area contributed by atoms with E-state index in [0.717, 1.165) is 30.7 Å². The van der Waals surface area contributed by atoms with E-state index in [9.17, 15) is 17.6 Å². The van der Waals surface area contributed by atoms with Gasteiger partial charge in [-0.2, -0.15) is 13.2 Å². The first-order chi connectivity index (χ1) is 8.86. The van der Waals surface area contributed by atoms with Crippen molar-refractivity contribution in [2.24, 2.45) is 0 Å². The Bertz CT molecular complexity index is 406. The molecule has 1 nitrogen and oxygen atoms in total. The Hall–Kier alpha value is -0.780. The molecule has 1 rings (SSSR count). The molecule has 0 radical (unpaired) electrons. The normalized spacial score (nSPS) is 11.7. The summed E-state index contributed by atoms with van der Waals surface area (Å²) in [6, 6.07) is 2.64. The zero-order chi connectivity index (χ0) is 14.5. The largest absolute Gasteiger partial charge is 0.416 e. The van der Waals surface area contributed by atoms with Gasteiger partial charge in [0.2, 0.25) is 0 Å². The van der Waals surface area contributed by atoms with Gasteiger partial charge >= 0.3 is 6.18 Å². The maximum atomic E-state index is 13.7. The summed E-state index contributed by atoms with van der Waals surface area (Å²) >= 11 is 3.32. The molecule has 0 aliphatic carbocycles. The van der Waals surface area contributed by atoms with Crippen molar-refractivity contribution >= 4 is 21.6 Å². The highest BCUT2D eigenvalue weighted by Crippen LogP contribution is 2.32. The molecule has 19 heavy (non-hydrogen) atoms. The molecule has 0 N–H and O–H groups in total. The molecule has 0 spiro atoms. The Labute approximate surface area is 118 Å². The molecule has 0 heterocycles. The van der Waals surface area contributed by atoms with E-state index in [2.05, 4.69) is 15.9 Å². The highest BCUT2D eigenvalue weighted by atomic mass is 79.9. The van der Waals surface area contributed by atoms with Crippen molar-refractivity contribution in [1.29, 1.82) is 0 Å². The summed E-state index contributed by atoms with van der Waals surface area (Å²) in [4.78, 5) is 1.64. The van der Waals surface area contributed by atoms with Crippen molar-refractivity contribution < 1.29 is 17.6 Å². The van der Waals surface area contributed by atoms with Crippen molar-refractivity contribution in [3.63, 3.8) is 0 Å². The minimum atomic E-state index is -4.51. The Kier molecular flexibility index (Phi) is 6.10. The molecule has 0 amide bonds. The first-order valence-electron chi connectivity index (χ1n) is 6.00. The second-order valence-corrected chi connectivity index (χ2v) is 5.13. The number of hydrogen-bond donors (Lipinski definition) is 0. The average molecular weight is 342 g/mol. The van der Waals surface area contributed by atoms with Gasteiger partial charge in [-0.25, -0.2) is 4.39 Å². The number of hydrogen-bond acceptors (Lipinski definition) is 1. The van der Waals surface area contributed by atoms with Crippen LogP contribution in [0.1, 0.15) is 24.8 Å². The lowest BCUT2D eigenvalue weighted by atomic mass is 10.1. The van der Waals surface area contributed by atoms with Gasteiger partial charge < -0.3 is 4.90 Å². The van der Waals surface area contributed by atoms with Crippen LogP contribution < -0.4 is 4.90 Å². The quantitative estimate of drug-likeness (QED) is 0.406. The molecule has 108 valence electrons. The van der Waals surface area contributed by atoms with Crippen LogP contribution in [0.3, 0.4) is 0 Å². The number of halogens is 5. The van der Waals surface area contributed by atoms with E-state index in [0.29, 0.717) is 12.6 Å². The second kappa shape index (κ2) is 7.12. The number of alkyl halides is 4. The third kappa shape index (κ3) is 5.01. The molecule has 0 saturated heterocycles. The summed E-state index contributed by atoms with van der Waals surface area (Å²) in [6.07, 6.45) is -1.60. The highest BCUT2D eigenvalue weighted by molar-refractivity contribution is 9.09. The highest BCUT2D eigenvalue weighted by Gasteiger charge is 2.31. The zero-order valence-corrected chi connectivity index (χ0v) is 12.2. The molecule has 0 bridgehead atoms. The van der Waals surface area contributed by atoms with Gasteiger partial charge in [0.15, 0.2) is 0 Å². The van der Waals surface area contributed by atoms with Gasteiger partial charge in [-0.3, -0.25) is 0 Å². The molecular weight excluding hydrogens is 326 g/mol. The zero-order valence-electron chi connectivity index (χ0n) is 10.6. The Morgan fingerprint density at radius 2 is 1.84 bits per heavy atom. The topological polar surface area (TPSA) is 3.24 Å². The maximum Gasteiger partial charge on any atom is 0.416 e. The fourth-order valence-electron chi connectivity index (χ4n) is 1.73. The second-order valence-electron chi connectivity index (χ2n) is 4.34. The lowest BCUT2D eigenvalue weighted by Crippen LogP contribution is -2.20. The van der Waals surface area contributed by atoms with E-state index in [1.165, 1.54) is 6.07 Å². The molecule has 1 aromatic rings. The number of anilines is 1. The van der Waals surface area contributed by atoms with Gasteiger partial charge in [0.1, 0.15) is 5.82 Å². The minimum absolute atomic E-state index is 0.201. The van der Waals surface area contributed by atoms with Crippen LogP contribution in [0.5, 0.6) is 0 Å². The van der Waals surface area contributed by atoms with E-state index < -0.39 is 17.6 Å². The average Bonchev–Trinajstić information content (AvgIpc) is 2.33. The Balaban J connectivity index is 2.68. The third-order valence-corrected chi connectivity index (χ3v) is 3.37. The molecule has 0 saturated carbocycles. The number of benzene rings is 1. The molecule has 0 aliphatic rings. The first kappa shape index (κ1) is 16.3. The lowest BCUT2D eigenvalue weighted by molar-refractivity contribution is -0.137. The van der Waals surface area contributed by atoms with E-state index in [4.69, 9.17) is 0 Å². The SMILES string of the molecule is CN(CCCCCBr)c1ccc(C(F)(F)F)cc1F. The van der Waals surface area contributed by atoms with Crippen molar-refractivity contribution in [3.8, 4) is 0 Å². The molecule has 0 aromatic heterocycles. The summed E-state index contributed by atoms with van der Waals surface area (Å²) in [5, 5.41) is 0.922. The number of unbranched alkanes of at least 4 members (excludes halogenated alkanes) is 2. The molecule has 0 atom stereocenters. The summed E-state index contributed by atoms with van der Waals surface area (Å²) in [6.45, 7) is 0.620. The molecule has 0 aliphatic heterocycles.